The summed E-state index contributed by atoms with van der Waals surface area (Å²) in [5, 5.41) is 2.20. The molecule has 1 N–H and O–H groups in total. The van der Waals surface area contributed by atoms with Crippen molar-refractivity contribution >= 4 is 16.0 Å². The second-order valence-corrected chi connectivity index (χ2v) is 7.86. The van der Waals surface area contributed by atoms with Crippen LogP contribution in [-0.4, -0.2) is 56.3 Å². The number of carbonyl (C=O) groups excluding carboxylic acids is 1. The molecule has 0 fully saturated rings. The van der Waals surface area contributed by atoms with Crippen LogP contribution in [0.25, 0.3) is 0 Å². The first-order valence-electron chi connectivity index (χ1n) is 5.35. The second-order valence-electron chi connectivity index (χ2n) is 5.85. The van der Waals surface area contributed by atoms with Gasteiger partial charge in [0.05, 0.1) is 32.9 Å². The van der Waals surface area contributed by atoms with Crippen molar-refractivity contribution in [1.82, 2.24) is 5.32 Å². The van der Waals surface area contributed by atoms with Crippen molar-refractivity contribution in [3.8, 4) is 0 Å². The van der Waals surface area contributed by atoms with E-state index in [1.165, 1.54) is 13.8 Å². The predicted octanol–water partition coefficient (Wildman–Crippen LogP) is 0.282. The molecule has 0 aliphatic heterocycles. The van der Waals surface area contributed by atoms with E-state index < -0.39 is 20.8 Å². The van der Waals surface area contributed by atoms with Crippen LogP contribution in [0.5, 0.6) is 0 Å². The molecular formula is C11H24N2O4S. The first-order valence-corrected chi connectivity index (χ1v) is 6.76. The van der Waals surface area contributed by atoms with Crippen molar-refractivity contribution in [2.45, 2.75) is 25.0 Å². The normalized spacial score (nSPS) is 12.2. The number of quaternary nitrogens is 1. The highest BCUT2D eigenvalue weighted by molar-refractivity contribution is 7.87. The summed E-state index contributed by atoms with van der Waals surface area (Å²) in [6, 6.07) is 0. The summed E-state index contributed by atoms with van der Waals surface area (Å²) >= 11 is 0. The molecule has 0 spiro atoms. The standard InChI is InChI=1S/C7H13NO4S.C4H12N/c1-4-8-6(9)5-7(2,3)13(10,11)12;1-5(2,3)4/h4H,1,5H2,2-3H3,(H,8,9)(H,10,11,12);1-4H3/q;+1/p-1. The van der Waals surface area contributed by atoms with Gasteiger partial charge < -0.3 is 14.4 Å². The van der Waals surface area contributed by atoms with E-state index in [9.17, 15) is 17.8 Å². The summed E-state index contributed by atoms with van der Waals surface area (Å²) in [5.74, 6) is -0.542. The van der Waals surface area contributed by atoms with Crippen LogP contribution in [0.2, 0.25) is 0 Å². The van der Waals surface area contributed by atoms with Gasteiger partial charge in [-0.3, -0.25) is 4.79 Å². The van der Waals surface area contributed by atoms with Crippen molar-refractivity contribution in [1.29, 1.82) is 0 Å². The summed E-state index contributed by atoms with van der Waals surface area (Å²) in [6.07, 6.45) is 0.765. The Morgan fingerprint density at radius 3 is 1.89 bits per heavy atom. The van der Waals surface area contributed by atoms with E-state index in [1.54, 1.807) is 0 Å². The molecule has 0 aromatic carbocycles. The minimum absolute atomic E-state index is 0.370. The van der Waals surface area contributed by atoms with Gasteiger partial charge in [0.1, 0.15) is 10.1 Å². The molecule has 0 bridgehead atoms. The van der Waals surface area contributed by atoms with Crippen LogP contribution in [0.1, 0.15) is 20.3 Å². The number of hydrogen-bond acceptors (Lipinski definition) is 4. The SMILES string of the molecule is C=CNC(=O)CC(C)(C)S(=O)(=O)[O-].C[N+](C)(C)C. The molecule has 18 heavy (non-hydrogen) atoms. The van der Waals surface area contributed by atoms with Gasteiger partial charge >= 0.3 is 0 Å². The van der Waals surface area contributed by atoms with Gasteiger partial charge in [-0.1, -0.05) is 6.58 Å². The van der Waals surface area contributed by atoms with Gasteiger partial charge in [-0.25, -0.2) is 8.42 Å². The Hall–Kier alpha value is -0.920. The zero-order chi connectivity index (χ0) is 15.2. The fourth-order valence-corrected chi connectivity index (χ4v) is 0.948. The minimum Gasteiger partial charge on any atom is -0.748 e. The van der Waals surface area contributed by atoms with E-state index in [0.29, 0.717) is 0 Å². The highest BCUT2D eigenvalue weighted by Crippen LogP contribution is 2.18. The Morgan fingerprint density at radius 1 is 1.33 bits per heavy atom. The van der Waals surface area contributed by atoms with E-state index in [0.717, 1.165) is 10.7 Å². The topological polar surface area (TPSA) is 86.3 Å². The first kappa shape index (κ1) is 19.4. The summed E-state index contributed by atoms with van der Waals surface area (Å²) in [7, 11) is 4.04. The van der Waals surface area contributed by atoms with E-state index in [4.69, 9.17) is 0 Å². The molecular weight excluding hydrogens is 256 g/mol. The van der Waals surface area contributed by atoms with Crippen LogP contribution in [0, 0.1) is 0 Å². The van der Waals surface area contributed by atoms with Crippen molar-refractivity contribution in [2.75, 3.05) is 28.2 Å². The van der Waals surface area contributed by atoms with Crippen LogP contribution in [0.3, 0.4) is 0 Å². The van der Waals surface area contributed by atoms with Gasteiger partial charge in [-0.05, 0) is 20.0 Å². The molecule has 1 amide bonds. The monoisotopic (exact) mass is 280 g/mol. The van der Waals surface area contributed by atoms with Crippen molar-refractivity contribution in [3.05, 3.63) is 12.8 Å². The van der Waals surface area contributed by atoms with Crippen molar-refractivity contribution < 1.29 is 22.2 Å². The third-order valence-electron chi connectivity index (χ3n) is 1.53. The molecule has 7 heteroatoms. The third-order valence-corrected chi connectivity index (χ3v) is 3.02. The number of rotatable bonds is 4. The van der Waals surface area contributed by atoms with Gasteiger partial charge in [-0.15, -0.1) is 0 Å². The lowest BCUT2D eigenvalue weighted by Gasteiger charge is -2.26. The van der Waals surface area contributed by atoms with Crippen LogP contribution >= 0.6 is 0 Å². The Bertz CT molecular complexity index is 374. The minimum atomic E-state index is -4.46. The highest BCUT2D eigenvalue weighted by Gasteiger charge is 2.28. The van der Waals surface area contributed by atoms with Crippen molar-refractivity contribution in [3.63, 3.8) is 0 Å². The predicted molar refractivity (Wildman–Crippen MR) is 70.7 cm³/mol. The number of nitrogens with one attached hydrogen (secondary N) is 1. The van der Waals surface area contributed by atoms with Crippen LogP contribution in [-0.2, 0) is 14.9 Å². The Labute approximate surface area is 110 Å². The molecule has 108 valence electrons. The van der Waals surface area contributed by atoms with Gasteiger partial charge in [0, 0.05) is 6.42 Å². The molecule has 0 aromatic rings. The molecule has 0 unspecified atom stereocenters. The van der Waals surface area contributed by atoms with Crippen molar-refractivity contribution in [2.24, 2.45) is 0 Å². The lowest BCUT2D eigenvalue weighted by molar-refractivity contribution is -0.849. The molecule has 0 heterocycles. The smallest absolute Gasteiger partial charge is 0.225 e. The van der Waals surface area contributed by atoms with Gasteiger partial charge in [0.25, 0.3) is 0 Å². The average molecular weight is 280 g/mol. The van der Waals surface area contributed by atoms with E-state index >= 15 is 0 Å². The third kappa shape index (κ3) is 11.6. The molecule has 0 rings (SSSR count). The van der Waals surface area contributed by atoms with Crippen LogP contribution in [0.15, 0.2) is 12.8 Å². The maximum absolute atomic E-state index is 10.9. The van der Waals surface area contributed by atoms with E-state index in [2.05, 4.69) is 40.1 Å². The zero-order valence-corrected chi connectivity index (χ0v) is 12.8. The molecule has 0 saturated heterocycles. The van der Waals surface area contributed by atoms with Crippen LogP contribution < -0.4 is 5.32 Å². The number of hydrogen-bond donors (Lipinski definition) is 1. The largest absolute Gasteiger partial charge is 0.748 e. The number of amides is 1. The fraction of sp³-hybridized carbons (Fsp3) is 0.727. The Morgan fingerprint density at radius 2 is 1.67 bits per heavy atom. The molecule has 0 atom stereocenters. The highest BCUT2D eigenvalue weighted by atomic mass is 32.2. The quantitative estimate of drug-likeness (QED) is 0.592. The van der Waals surface area contributed by atoms with Gasteiger partial charge in [-0.2, -0.15) is 0 Å². The lowest BCUT2D eigenvalue weighted by Crippen LogP contribution is -2.37. The van der Waals surface area contributed by atoms with E-state index in [-0.39, 0.29) is 6.42 Å². The molecule has 0 aliphatic rings. The number of nitrogens with zero attached hydrogens (tertiary/aromatic N) is 1. The first-order chi connectivity index (χ1) is 7.70. The summed E-state index contributed by atoms with van der Waals surface area (Å²) < 4.78 is 31.3. The van der Waals surface area contributed by atoms with Crippen LogP contribution in [0.4, 0.5) is 0 Å². The maximum Gasteiger partial charge on any atom is 0.225 e. The Balaban J connectivity index is 0. The number of carbonyl (C=O) groups is 1. The summed E-state index contributed by atoms with van der Waals surface area (Å²) in [6.45, 7) is 5.65. The average Bonchev–Trinajstić information content (AvgIpc) is 1.96. The summed E-state index contributed by atoms with van der Waals surface area (Å²) in [4.78, 5) is 10.9. The van der Waals surface area contributed by atoms with Gasteiger partial charge in [0.2, 0.25) is 5.91 Å². The molecule has 0 saturated carbocycles. The summed E-state index contributed by atoms with van der Waals surface area (Å²) in [5.41, 5.74) is 0. The fourth-order valence-electron chi connectivity index (χ4n) is 0.640. The Kier molecular flexibility index (Phi) is 7.41. The van der Waals surface area contributed by atoms with E-state index in [1.807, 2.05) is 0 Å². The molecule has 0 aromatic heterocycles. The maximum atomic E-state index is 10.9. The molecule has 0 radical (unpaired) electrons. The second kappa shape index (κ2) is 6.86. The zero-order valence-electron chi connectivity index (χ0n) is 12.0. The molecule has 6 nitrogen and oxygen atoms in total. The molecule has 0 aliphatic carbocycles. The van der Waals surface area contributed by atoms with Gasteiger partial charge in [0.15, 0.2) is 0 Å². The lowest BCUT2D eigenvalue weighted by atomic mass is 10.1.